The van der Waals surface area contributed by atoms with Gasteiger partial charge in [-0.15, -0.1) is 11.6 Å². The number of fused-ring (bicyclic) bond motifs is 1. The van der Waals surface area contributed by atoms with Crippen LogP contribution in [0.1, 0.15) is 32.1 Å². The monoisotopic (exact) mass is 258 g/mol. The Kier molecular flexibility index (Phi) is 2.58. The molecule has 4 aliphatic rings. The van der Waals surface area contributed by atoms with Crippen molar-refractivity contribution in [3.05, 3.63) is 0 Å². The predicted molar refractivity (Wildman–Crippen MR) is 59.5 cm³/mol. The summed E-state index contributed by atoms with van der Waals surface area (Å²) in [5.74, 6) is -0.273. The van der Waals surface area contributed by atoms with E-state index in [0.29, 0.717) is 18.8 Å². The third-order valence-electron chi connectivity index (χ3n) is 4.15. The van der Waals surface area contributed by atoms with Crippen molar-refractivity contribution in [1.82, 2.24) is 0 Å². The maximum Gasteiger partial charge on any atom is 0.321 e. The Balaban J connectivity index is 1.87. The molecule has 5 heteroatoms. The minimum atomic E-state index is -0.491. The summed E-state index contributed by atoms with van der Waals surface area (Å²) in [6, 6.07) is 0. The van der Waals surface area contributed by atoms with Gasteiger partial charge in [0.25, 0.3) is 0 Å². The molecule has 4 bridgehead atoms. The molecule has 4 nitrogen and oxygen atoms in total. The van der Waals surface area contributed by atoms with Gasteiger partial charge in [0.15, 0.2) is 0 Å². The molecular formula is C12H15ClO4. The maximum atomic E-state index is 11.8. The van der Waals surface area contributed by atoms with Gasteiger partial charge in [-0.2, -0.15) is 0 Å². The van der Waals surface area contributed by atoms with Crippen LogP contribution in [-0.4, -0.2) is 29.5 Å². The quantitative estimate of drug-likeness (QED) is 0.558. The van der Waals surface area contributed by atoms with E-state index in [2.05, 4.69) is 0 Å². The molecule has 4 atom stereocenters. The van der Waals surface area contributed by atoms with Gasteiger partial charge in [0.1, 0.15) is 17.6 Å². The van der Waals surface area contributed by atoms with Gasteiger partial charge in [-0.25, -0.2) is 0 Å². The Hall–Kier alpha value is -0.770. The Labute approximate surface area is 105 Å². The molecule has 2 aliphatic carbocycles. The van der Waals surface area contributed by atoms with E-state index in [1.807, 2.05) is 0 Å². The first-order valence-corrected chi connectivity index (χ1v) is 6.62. The minimum Gasteiger partial charge on any atom is -0.462 e. The number of alkyl halides is 1. The van der Waals surface area contributed by atoms with Gasteiger partial charge < -0.3 is 9.47 Å². The summed E-state index contributed by atoms with van der Waals surface area (Å²) < 4.78 is 10.9. The van der Waals surface area contributed by atoms with E-state index in [0.717, 1.165) is 19.3 Å². The van der Waals surface area contributed by atoms with Crippen LogP contribution in [0.5, 0.6) is 0 Å². The molecule has 0 spiro atoms. The topological polar surface area (TPSA) is 52.6 Å². The van der Waals surface area contributed by atoms with Crippen molar-refractivity contribution in [2.75, 3.05) is 5.88 Å². The van der Waals surface area contributed by atoms with E-state index in [-0.39, 0.29) is 29.8 Å². The number of carbonyl (C=O) groups excluding carboxylic acids is 2. The molecule has 4 rings (SSSR count). The molecule has 0 aromatic heterocycles. The second kappa shape index (κ2) is 3.87. The van der Waals surface area contributed by atoms with E-state index < -0.39 is 5.60 Å². The summed E-state index contributed by atoms with van der Waals surface area (Å²) in [4.78, 5) is 23.2. The lowest BCUT2D eigenvalue weighted by atomic mass is 9.65. The fraction of sp³-hybridized carbons (Fsp3) is 0.833. The largest absolute Gasteiger partial charge is 0.462 e. The second-order valence-corrected chi connectivity index (χ2v) is 5.76. The highest BCUT2D eigenvalue weighted by Crippen LogP contribution is 2.51. The first kappa shape index (κ1) is 11.3. The molecule has 2 saturated carbocycles. The first-order chi connectivity index (χ1) is 8.10. The average molecular weight is 259 g/mol. The van der Waals surface area contributed by atoms with Gasteiger partial charge in [0.2, 0.25) is 0 Å². The van der Waals surface area contributed by atoms with Crippen LogP contribution in [0.15, 0.2) is 0 Å². The summed E-state index contributed by atoms with van der Waals surface area (Å²) in [5.41, 5.74) is -0.491. The highest BCUT2D eigenvalue weighted by Gasteiger charge is 2.54. The van der Waals surface area contributed by atoms with Crippen LogP contribution < -0.4 is 0 Å². The normalized spacial score (nSPS) is 43.1. The molecule has 0 aromatic carbocycles. The summed E-state index contributed by atoms with van der Waals surface area (Å²) in [7, 11) is 0. The van der Waals surface area contributed by atoms with E-state index in [1.165, 1.54) is 0 Å². The van der Waals surface area contributed by atoms with Crippen molar-refractivity contribution >= 4 is 23.5 Å². The second-order valence-electron chi connectivity index (χ2n) is 5.50. The molecule has 94 valence electrons. The number of carbonyl (C=O) groups is 2. The number of hydrogen-bond donors (Lipinski definition) is 0. The molecule has 0 N–H and O–H groups in total. The number of ether oxygens (including phenoxy) is 2. The van der Waals surface area contributed by atoms with Crippen LogP contribution in [0.3, 0.4) is 0 Å². The number of halogens is 1. The van der Waals surface area contributed by atoms with Gasteiger partial charge in [0.05, 0.1) is 5.92 Å². The molecule has 0 radical (unpaired) electrons. The highest BCUT2D eigenvalue weighted by molar-refractivity contribution is 6.26. The first-order valence-electron chi connectivity index (χ1n) is 6.08. The number of esters is 2. The Morgan fingerprint density at radius 3 is 3.00 bits per heavy atom. The van der Waals surface area contributed by atoms with Crippen molar-refractivity contribution in [1.29, 1.82) is 0 Å². The Morgan fingerprint density at radius 1 is 1.41 bits per heavy atom. The zero-order valence-corrected chi connectivity index (χ0v) is 10.2. The van der Waals surface area contributed by atoms with Gasteiger partial charge in [-0.1, -0.05) is 0 Å². The predicted octanol–water partition coefficient (Wildman–Crippen LogP) is 1.64. The molecular weight excluding hydrogens is 244 g/mol. The van der Waals surface area contributed by atoms with Crippen molar-refractivity contribution in [2.45, 2.75) is 43.8 Å². The lowest BCUT2D eigenvalue weighted by Crippen LogP contribution is -2.48. The molecule has 0 amide bonds. The number of rotatable bonds is 2. The standard InChI is InChI=1S/C12H15ClO4/c13-6-10(14)17-12-3-7-1-8(4-12)11(15)16-9(2-7)5-12/h7-9H,1-6H2. The van der Waals surface area contributed by atoms with Crippen LogP contribution in [0.25, 0.3) is 0 Å². The Bertz CT molecular complexity index is 370. The third-order valence-corrected chi connectivity index (χ3v) is 4.37. The molecule has 2 aliphatic heterocycles. The van der Waals surface area contributed by atoms with E-state index >= 15 is 0 Å². The van der Waals surface area contributed by atoms with Crippen molar-refractivity contribution in [3.8, 4) is 0 Å². The van der Waals surface area contributed by atoms with E-state index in [1.54, 1.807) is 0 Å². The van der Waals surface area contributed by atoms with Crippen LogP contribution in [0.2, 0.25) is 0 Å². The summed E-state index contributed by atoms with van der Waals surface area (Å²) in [6.45, 7) is 0. The van der Waals surface area contributed by atoms with E-state index in [9.17, 15) is 9.59 Å². The maximum absolute atomic E-state index is 11.8. The van der Waals surface area contributed by atoms with Gasteiger partial charge in [-0.3, -0.25) is 9.59 Å². The summed E-state index contributed by atoms with van der Waals surface area (Å²) in [5, 5.41) is 0. The molecule has 2 heterocycles. The van der Waals surface area contributed by atoms with Crippen molar-refractivity contribution in [2.24, 2.45) is 11.8 Å². The van der Waals surface area contributed by atoms with Crippen LogP contribution in [-0.2, 0) is 19.1 Å². The summed E-state index contributed by atoms with van der Waals surface area (Å²) in [6.07, 6.45) is 3.85. The molecule has 0 aromatic rings. The van der Waals surface area contributed by atoms with Crippen LogP contribution >= 0.6 is 11.6 Å². The van der Waals surface area contributed by atoms with Gasteiger partial charge >= 0.3 is 11.9 Å². The highest BCUT2D eigenvalue weighted by atomic mass is 35.5. The average Bonchev–Trinajstić information content (AvgIpc) is 2.41. The fourth-order valence-corrected chi connectivity index (χ4v) is 3.82. The fourth-order valence-electron chi connectivity index (χ4n) is 3.77. The zero-order valence-electron chi connectivity index (χ0n) is 9.49. The van der Waals surface area contributed by atoms with E-state index in [4.69, 9.17) is 21.1 Å². The minimum absolute atomic E-state index is 0.0723. The SMILES string of the molecule is O=C(CCl)OC12CC3CC(C1)OC(=O)C(C3)C2. The third kappa shape index (κ3) is 1.92. The molecule has 4 unspecified atom stereocenters. The lowest BCUT2D eigenvalue weighted by Gasteiger charge is -2.45. The lowest BCUT2D eigenvalue weighted by molar-refractivity contribution is -0.170. The van der Waals surface area contributed by atoms with Crippen LogP contribution in [0.4, 0.5) is 0 Å². The molecule has 17 heavy (non-hydrogen) atoms. The molecule has 4 fully saturated rings. The van der Waals surface area contributed by atoms with Crippen molar-refractivity contribution in [3.63, 3.8) is 0 Å². The number of hydrogen-bond acceptors (Lipinski definition) is 4. The smallest absolute Gasteiger partial charge is 0.321 e. The van der Waals surface area contributed by atoms with Crippen LogP contribution in [0, 0.1) is 11.8 Å². The zero-order chi connectivity index (χ0) is 12.0. The summed E-state index contributed by atoms with van der Waals surface area (Å²) >= 11 is 5.49. The van der Waals surface area contributed by atoms with Gasteiger partial charge in [-0.05, 0) is 25.2 Å². The van der Waals surface area contributed by atoms with Gasteiger partial charge in [0, 0.05) is 12.8 Å². The Morgan fingerprint density at radius 2 is 2.24 bits per heavy atom. The molecule has 2 saturated heterocycles. The van der Waals surface area contributed by atoms with Crippen molar-refractivity contribution < 1.29 is 19.1 Å².